The van der Waals surface area contributed by atoms with Gasteiger partial charge in [0.2, 0.25) is 0 Å². The molecule has 39 heavy (non-hydrogen) atoms. The highest BCUT2D eigenvalue weighted by Gasteiger charge is 2.37. The Morgan fingerprint density at radius 2 is 1.62 bits per heavy atom. The molecule has 4 rings (SSSR count). The van der Waals surface area contributed by atoms with Gasteiger partial charge in [-0.2, -0.15) is 8.42 Å². The summed E-state index contributed by atoms with van der Waals surface area (Å²) < 4.78 is 41.5. The summed E-state index contributed by atoms with van der Waals surface area (Å²) in [6.07, 6.45) is 2.10. The van der Waals surface area contributed by atoms with E-state index in [2.05, 4.69) is 5.32 Å². The highest BCUT2D eigenvalue weighted by molar-refractivity contribution is 7.87. The van der Waals surface area contributed by atoms with Crippen LogP contribution in [0.4, 0.5) is 10.5 Å². The maximum Gasteiger partial charge on any atom is 0.339 e. The molecule has 202 valence electrons. The minimum Gasteiger partial charge on any atom is -0.494 e. The third-order valence-electron chi connectivity index (χ3n) is 5.68. The molecule has 0 aliphatic carbocycles. The lowest BCUT2D eigenvalue weighted by Gasteiger charge is -2.26. The molecular formula is C28H26N2O8S. The van der Waals surface area contributed by atoms with Gasteiger partial charge in [0.15, 0.2) is 11.5 Å². The predicted octanol–water partition coefficient (Wildman–Crippen LogP) is 4.23. The van der Waals surface area contributed by atoms with Gasteiger partial charge in [0.05, 0.1) is 19.4 Å². The molecule has 1 fully saturated rings. The van der Waals surface area contributed by atoms with Gasteiger partial charge in [0.25, 0.3) is 11.8 Å². The van der Waals surface area contributed by atoms with E-state index in [0.717, 1.165) is 16.9 Å². The third kappa shape index (κ3) is 6.10. The molecule has 3 aromatic rings. The average Bonchev–Trinajstić information content (AvgIpc) is 2.91. The molecule has 0 aromatic heterocycles. The molecule has 1 aliphatic heterocycles. The molecule has 10 nitrogen and oxygen atoms in total. The van der Waals surface area contributed by atoms with E-state index in [1.165, 1.54) is 43.5 Å². The molecule has 0 bridgehead atoms. The van der Waals surface area contributed by atoms with E-state index in [4.69, 9.17) is 13.7 Å². The van der Waals surface area contributed by atoms with Gasteiger partial charge in [-0.1, -0.05) is 30.7 Å². The van der Waals surface area contributed by atoms with Gasteiger partial charge in [-0.25, -0.2) is 9.69 Å². The van der Waals surface area contributed by atoms with Gasteiger partial charge in [-0.05, 0) is 73.5 Å². The van der Waals surface area contributed by atoms with Gasteiger partial charge < -0.3 is 13.7 Å². The van der Waals surface area contributed by atoms with Crippen LogP contribution in [-0.2, 0) is 19.7 Å². The van der Waals surface area contributed by atoms with E-state index in [-0.39, 0.29) is 27.7 Å². The van der Waals surface area contributed by atoms with E-state index in [9.17, 15) is 22.8 Å². The van der Waals surface area contributed by atoms with Crippen molar-refractivity contribution in [3.05, 3.63) is 83.4 Å². The first-order valence-electron chi connectivity index (χ1n) is 12.0. The maximum atomic E-state index is 13.2. The number of hydrogen-bond donors (Lipinski definition) is 1. The summed E-state index contributed by atoms with van der Waals surface area (Å²) in [6.45, 7) is 4.33. The molecule has 0 spiro atoms. The summed E-state index contributed by atoms with van der Waals surface area (Å²) in [5.74, 6) is -1.14. The Balaban J connectivity index is 1.60. The number of methoxy groups -OCH3 is 1. The molecule has 4 amide bonds. The minimum atomic E-state index is -4.14. The molecule has 0 radical (unpaired) electrons. The Morgan fingerprint density at radius 1 is 0.923 bits per heavy atom. The summed E-state index contributed by atoms with van der Waals surface area (Å²) in [6, 6.07) is 15.8. The second-order valence-corrected chi connectivity index (χ2v) is 10.1. The van der Waals surface area contributed by atoms with E-state index < -0.39 is 28.0 Å². The minimum absolute atomic E-state index is 0.0273. The first kappa shape index (κ1) is 27.4. The van der Waals surface area contributed by atoms with Crippen molar-refractivity contribution in [1.29, 1.82) is 0 Å². The topological polar surface area (TPSA) is 128 Å². The largest absolute Gasteiger partial charge is 0.494 e. The number of anilines is 1. The quantitative estimate of drug-likeness (QED) is 0.238. The number of imide groups is 2. The Bertz CT molecular complexity index is 1550. The van der Waals surface area contributed by atoms with Gasteiger partial charge in [0, 0.05) is 0 Å². The SMILES string of the molecule is CCCOc1ccc(N2C(=O)NC(=O)/C(=C/c3ccc(OS(=O)(=O)c4ccc(C)cc4)c(OC)c3)C2=O)cc1. The van der Waals surface area contributed by atoms with Crippen LogP contribution in [0.5, 0.6) is 17.2 Å². The van der Waals surface area contributed by atoms with Gasteiger partial charge in [0.1, 0.15) is 16.2 Å². The zero-order valence-electron chi connectivity index (χ0n) is 21.5. The number of rotatable bonds is 9. The number of amides is 4. The van der Waals surface area contributed by atoms with Gasteiger partial charge >= 0.3 is 16.1 Å². The normalized spacial score (nSPS) is 14.8. The summed E-state index contributed by atoms with van der Waals surface area (Å²) in [4.78, 5) is 39.1. The van der Waals surface area contributed by atoms with E-state index >= 15 is 0 Å². The van der Waals surface area contributed by atoms with Crippen LogP contribution in [0.1, 0.15) is 24.5 Å². The number of carbonyl (C=O) groups is 3. The van der Waals surface area contributed by atoms with Crippen molar-refractivity contribution >= 4 is 39.7 Å². The number of ether oxygens (including phenoxy) is 2. The van der Waals surface area contributed by atoms with Crippen molar-refractivity contribution in [3.63, 3.8) is 0 Å². The number of urea groups is 1. The van der Waals surface area contributed by atoms with Crippen molar-refractivity contribution in [2.24, 2.45) is 0 Å². The number of aryl methyl sites for hydroxylation is 1. The lowest BCUT2D eigenvalue weighted by Crippen LogP contribution is -2.54. The smallest absolute Gasteiger partial charge is 0.339 e. The Kier molecular flexibility index (Phi) is 8.01. The summed E-state index contributed by atoms with van der Waals surface area (Å²) >= 11 is 0. The molecule has 11 heteroatoms. The average molecular weight is 551 g/mol. The molecule has 0 unspecified atom stereocenters. The van der Waals surface area contributed by atoms with Crippen LogP contribution in [0, 0.1) is 6.92 Å². The fourth-order valence-electron chi connectivity index (χ4n) is 3.68. The lowest BCUT2D eigenvalue weighted by molar-refractivity contribution is -0.122. The maximum absolute atomic E-state index is 13.2. The van der Waals surface area contributed by atoms with Crippen molar-refractivity contribution in [2.45, 2.75) is 25.2 Å². The highest BCUT2D eigenvalue weighted by Crippen LogP contribution is 2.32. The molecule has 1 N–H and O–H groups in total. The number of hydrogen-bond acceptors (Lipinski definition) is 8. The molecule has 0 saturated carbocycles. The van der Waals surface area contributed by atoms with Crippen LogP contribution in [0.15, 0.2) is 77.2 Å². The van der Waals surface area contributed by atoms with Crippen LogP contribution in [0.3, 0.4) is 0 Å². The number of carbonyl (C=O) groups excluding carboxylic acids is 3. The summed E-state index contributed by atoms with van der Waals surface area (Å²) in [5.41, 5.74) is 1.18. The Morgan fingerprint density at radius 3 is 2.26 bits per heavy atom. The predicted molar refractivity (Wildman–Crippen MR) is 143 cm³/mol. The van der Waals surface area contributed by atoms with E-state index in [1.54, 1.807) is 36.4 Å². The van der Waals surface area contributed by atoms with Crippen molar-refractivity contribution in [1.82, 2.24) is 5.32 Å². The second-order valence-electron chi connectivity index (χ2n) is 8.56. The van der Waals surface area contributed by atoms with Crippen LogP contribution < -0.4 is 23.9 Å². The fourth-order valence-corrected chi connectivity index (χ4v) is 4.62. The zero-order chi connectivity index (χ0) is 28.2. The van der Waals surface area contributed by atoms with Gasteiger partial charge in [-0.3, -0.25) is 14.9 Å². The number of nitrogens with one attached hydrogen (secondary N) is 1. The highest BCUT2D eigenvalue weighted by atomic mass is 32.2. The van der Waals surface area contributed by atoms with Crippen LogP contribution in [-0.4, -0.2) is 40.0 Å². The first-order chi connectivity index (χ1) is 18.6. The third-order valence-corrected chi connectivity index (χ3v) is 6.93. The number of benzene rings is 3. The van der Waals surface area contributed by atoms with Crippen LogP contribution in [0.25, 0.3) is 6.08 Å². The number of nitrogens with zero attached hydrogens (tertiary/aromatic N) is 1. The van der Waals surface area contributed by atoms with Crippen LogP contribution in [0.2, 0.25) is 0 Å². The van der Waals surface area contributed by atoms with Crippen molar-refractivity contribution < 1.29 is 36.5 Å². The molecular weight excluding hydrogens is 524 g/mol. The number of barbiturate groups is 1. The van der Waals surface area contributed by atoms with E-state index in [0.29, 0.717) is 17.9 Å². The second kappa shape index (κ2) is 11.4. The Hall–Kier alpha value is -4.64. The standard InChI is InChI=1S/C28H26N2O8S/c1-4-15-37-21-10-8-20(9-11-21)30-27(32)23(26(31)29-28(30)33)16-19-7-14-24(25(17-19)36-3)38-39(34,35)22-12-5-18(2)6-13-22/h5-14,16-17H,4,15H2,1-3H3,(H,29,31,33)/b23-16-. The zero-order valence-corrected chi connectivity index (χ0v) is 22.3. The Labute approximate surface area is 225 Å². The molecule has 0 atom stereocenters. The molecule has 1 saturated heterocycles. The lowest BCUT2D eigenvalue weighted by atomic mass is 10.1. The monoisotopic (exact) mass is 550 g/mol. The summed E-state index contributed by atoms with van der Waals surface area (Å²) in [5, 5.41) is 2.16. The fraction of sp³-hybridized carbons (Fsp3) is 0.179. The van der Waals surface area contributed by atoms with Gasteiger partial charge in [-0.15, -0.1) is 0 Å². The summed E-state index contributed by atoms with van der Waals surface area (Å²) in [7, 11) is -2.82. The van der Waals surface area contributed by atoms with E-state index in [1.807, 2.05) is 13.8 Å². The van der Waals surface area contributed by atoms with Crippen molar-refractivity contribution in [2.75, 3.05) is 18.6 Å². The first-order valence-corrected chi connectivity index (χ1v) is 13.4. The van der Waals surface area contributed by atoms with Crippen LogP contribution >= 0.6 is 0 Å². The molecule has 1 heterocycles. The van der Waals surface area contributed by atoms with Crippen molar-refractivity contribution in [3.8, 4) is 17.2 Å². The molecule has 1 aliphatic rings. The molecule has 3 aromatic carbocycles.